The number of aromatic nitrogens is 1. The number of anilines is 1. The summed E-state index contributed by atoms with van der Waals surface area (Å²) in [6.07, 6.45) is 4.70. The Kier molecular flexibility index (Phi) is 5.91. The van der Waals surface area contributed by atoms with Crippen molar-refractivity contribution < 1.29 is 9.59 Å². The van der Waals surface area contributed by atoms with E-state index in [2.05, 4.69) is 16.9 Å². The van der Waals surface area contributed by atoms with Crippen molar-refractivity contribution in [2.75, 3.05) is 18.4 Å². The molecule has 5 nitrogen and oxygen atoms in total. The molecule has 2 heterocycles. The normalized spacial score (nSPS) is 16.2. The van der Waals surface area contributed by atoms with Crippen LogP contribution in [0.2, 0.25) is 5.02 Å². The fourth-order valence-electron chi connectivity index (χ4n) is 3.26. The highest BCUT2D eigenvalue weighted by molar-refractivity contribution is 6.31. The number of rotatable bonds is 5. The van der Waals surface area contributed by atoms with Crippen LogP contribution in [-0.4, -0.2) is 34.8 Å². The molecule has 0 spiro atoms. The fourth-order valence-corrected chi connectivity index (χ4v) is 3.36. The molecule has 140 valence electrons. The van der Waals surface area contributed by atoms with Gasteiger partial charge in [-0.15, -0.1) is 0 Å². The zero-order chi connectivity index (χ0) is 19.4. The maximum absolute atomic E-state index is 12.7. The lowest BCUT2D eigenvalue weighted by Gasteiger charge is -2.17. The molecular weight excluding hydrogens is 362 g/mol. The summed E-state index contributed by atoms with van der Waals surface area (Å²) in [7, 11) is 0. The lowest BCUT2D eigenvalue weighted by Crippen LogP contribution is -2.29. The van der Waals surface area contributed by atoms with Gasteiger partial charge in [-0.1, -0.05) is 18.2 Å². The molecular formula is C21H22ClN3O2. The number of carbonyl (C=O) groups is 2. The lowest BCUT2D eigenvalue weighted by molar-refractivity contribution is -0.111. The van der Waals surface area contributed by atoms with E-state index in [1.807, 2.05) is 17.9 Å². The van der Waals surface area contributed by atoms with E-state index in [1.165, 1.54) is 6.08 Å². The molecule has 1 saturated heterocycles. The first-order valence-electron chi connectivity index (χ1n) is 8.90. The van der Waals surface area contributed by atoms with E-state index in [0.717, 1.165) is 37.2 Å². The van der Waals surface area contributed by atoms with E-state index in [9.17, 15) is 9.59 Å². The maximum Gasteiger partial charge on any atom is 0.253 e. The first-order chi connectivity index (χ1) is 13.0. The van der Waals surface area contributed by atoms with E-state index in [0.29, 0.717) is 22.2 Å². The van der Waals surface area contributed by atoms with Crippen molar-refractivity contribution in [3.8, 4) is 0 Å². The number of nitrogens with zero attached hydrogens (tertiary/aromatic N) is 2. The van der Waals surface area contributed by atoms with Gasteiger partial charge in [0.1, 0.15) is 0 Å². The second kappa shape index (κ2) is 8.35. The SMILES string of the molecule is C=CC(=O)Nc1ccc(C(=O)N2CC[C@@H](Cc3cc(C)c(Cl)cn3)C2)cc1. The van der Waals surface area contributed by atoms with E-state index in [4.69, 9.17) is 11.6 Å². The number of nitrogens with one attached hydrogen (secondary N) is 1. The summed E-state index contributed by atoms with van der Waals surface area (Å²) in [5.74, 6) is 0.134. The van der Waals surface area contributed by atoms with Crippen LogP contribution in [0.3, 0.4) is 0 Å². The number of carbonyl (C=O) groups excluding carboxylic acids is 2. The van der Waals surface area contributed by atoms with Crippen LogP contribution < -0.4 is 5.32 Å². The van der Waals surface area contributed by atoms with Gasteiger partial charge in [-0.05, 0) is 67.7 Å². The van der Waals surface area contributed by atoms with Crippen molar-refractivity contribution in [2.45, 2.75) is 19.8 Å². The predicted octanol–water partition coefficient (Wildman–Crippen LogP) is 3.87. The number of hydrogen-bond donors (Lipinski definition) is 1. The monoisotopic (exact) mass is 383 g/mol. The van der Waals surface area contributed by atoms with E-state index in [1.54, 1.807) is 30.5 Å². The molecule has 1 aromatic heterocycles. The molecule has 6 heteroatoms. The summed E-state index contributed by atoms with van der Waals surface area (Å²) < 4.78 is 0. The van der Waals surface area contributed by atoms with Gasteiger partial charge in [0.15, 0.2) is 0 Å². The lowest BCUT2D eigenvalue weighted by atomic mass is 10.0. The Labute approximate surface area is 164 Å². The molecule has 1 N–H and O–H groups in total. The largest absolute Gasteiger partial charge is 0.338 e. The highest BCUT2D eigenvalue weighted by Gasteiger charge is 2.27. The number of hydrogen-bond acceptors (Lipinski definition) is 3. The predicted molar refractivity (Wildman–Crippen MR) is 107 cm³/mol. The second-order valence-electron chi connectivity index (χ2n) is 6.81. The zero-order valence-corrected chi connectivity index (χ0v) is 16.0. The number of halogens is 1. The Hall–Kier alpha value is -2.66. The number of pyridine rings is 1. The molecule has 1 aliphatic rings. The summed E-state index contributed by atoms with van der Waals surface area (Å²) in [6, 6.07) is 8.94. The molecule has 1 aromatic carbocycles. The maximum atomic E-state index is 12.7. The van der Waals surface area contributed by atoms with E-state index < -0.39 is 0 Å². The van der Waals surface area contributed by atoms with E-state index in [-0.39, 0.29) is 11.8 Å². The first kappa shape index (κ1) is 19.1. The van der Waals surface area contributed by atoms with Crippen LogP contribution in [0, 0.1) is 12.8 Å². The van der Waals surface area contributed by atoms with Gasteiger partial charge in [0.2, 0.25) is 5.91 Å². The van der Waals surface area contributed by atoms with Crippen molar-refractivity contribution >= 4 is 29.1 Å². The molecule has 0 unspecified atom stereocenters. The molecule has 0 saturated carbocycles. The molecule has 0 bridgehead atoms. The van der Waals surface area contributed by atoms with Gasteiger partial charge < -0.3 is 10.2 Å². The summed E-state index contributed by atoms with van der Waals surface area (Å²) >= 11 is 6.03. The van der Waals surface area contributed by atoms with Crippen LogP contribution in [0.5, 0.6) is 0 Å². The van der Waals surface area contributed by atoms with Gasteiger partial charge in [-0.3, -0.25) is 14.6 Å². The minimum absolute atomic E-state index is 0.0133. The van der Waals surface area contributed by atoms with Crippen molar-refractivity contribution in [1.82, 2.24) is 9.88 Å². The molecule has 1 aliphatic heterocycles. The highest BCUT2D eigenvalue weighted by atomic mass is 35.5. The Balaban J connectivity index is 1.59. The van der Waals surface area contributed by atoms with Crippen LogP contribution in [0.4, 0.5) is 5.69 Å². The fraction of sp³-hybridized carbons (Fsp3) is 0.286. The summed E-state index contributed by atoms with van der Waals surface area (Å²) in [6.45, 7) is 6.85. The number of amides is 2. The van der Waals surface area contributed by atoms with Crippen LogP contribution in [-0.2, 0) is 11.2 Å². The summed E-state index contributed by atoms with van der Waals surface area (Å²) in [5.41, 5.74) is 3.29. The molecule has 2 aromatic rings. The number of aryl methyl sites for hydroxylation is 1. The molecule has 27 heavy (non-hydrogen) atoms. The number of likely N-dealkylation sites (tertiary alicyclic amines) is 1. The van der Waals surface area contributed by atoms with Crippen molar-refractivity contribution in [3.63, 3.8) is 0 Å². The minimum Gasteiger partial charge on any atom is -0.338 e. The summed E-state index contributed by atoms with van der Waals surface area (Å²) in [5, 5.41) is 3.35. The standard InChI is InChI=1S/C21H22ClN3O2/c1-3-20(26)24-17-6-4-16(5-7-17)21(27)25-9-8-15(13-25)11-18-10-14(2)19(22)12-23-18/h3-7,10,12,15H,1,8-9,11,13H2,2H3,(H,24,26)/t15-/m0/s1. The van der Waals surface area contributed by atoms with Crippen molar-refractivity contribution in [1.29, 1.82) is 0 Å². The van der Waals surface area contributed by atoms with Crippen molar-refractivity contribution in [2.24, 2.45) is 5.92 Å². The second-order valence-corrected chi connectivity index (χ2v) is 7.21. The third kappa shape index (κ3) is 4.74. The molecule has 3 rings (SSSR count). The van der Waals surface area contributed by atoms with Gasteiger partial charge in [0, 0.05) is 36.2 Å². The highest BCUT2D eigenvalue weighted by Crippen LogP contribution is 2.24. The van der Waals surface area contributed by atoms with Crippen LogP contribution in [0.15, 0.2) is 49.2 Å². The average molecular weight is 384 g/mol. The van der Waals surface area contributed by atoms with Gasteiger partial charge >= 0.3 is 0 Å². The van der Waals surface area contributed by atoms with Gasteiger partial charge in [0.25, 0.3) is 5.91 Å². The first-order valence-corrected chi connectivity index (χ1v) is 9.28. The molecule has 2 amide bonds. The molecule has 1 atom stereocenters. The average Bonchev–Trinajstić information content (AvgIpc) is 3.13. The van der Waals surface area contributed by atoms with Crippen LogP contribution in [0.1, 0.15) is 28.0 Å². The zero-order valence-electron chi connectivity index (χ0n) is 15.2. The Morgan fingerprint density at radius 1 is 1.37 bits per heavy atom. The van der Waals surface area contributed by atoms with Gasteiger partial charge in [0.05, 0.1) is 5.02 Å². The summed E-state index contributed by atoms with van der Waals surface area (Å²) in [4.78, 5) is 30.3. The van der Waals surface area contributed by atoms with E-state index >= 15 is 0 Å². The smallest absolute Gasteiger partial charge is 0.253 e. The van der Waals surface area contributed by atoms with Gasteiger partial charge in [-0.25, -0.2) is 0 Å². The minimum atomic E-state index is -0.275. The quantitative estimate of drug-likeness (QED) is 0.797. The van der Waals surface area contributed by atoms with Crippen LogP contribution >= 0.6 is 11.6 Å². The molecule has 1 fully saturated rings. The third-order valence-electron chi connectivity index (χ3n) is 4.76. The Morgan fingerprint density at radius 3 is 2.78 bits per heavy atom. The van der Waals surface area contributed by atoms with Gasteiger partial charge in [-0.2, -0.15) is 0 Å². The number of benzene rings is 1. The Morgan fingerprint density at radius 2 is 2.11 bits per heavy atom. The molecule has 0 aliphatic carbocycles. The third-order valence-corrected chi connectivity index (χ3v) is 5.15. The Bertz CT molecular complexity index is 864. The topological polar surface area (TPSA) is 62.3 Å². The van der Waals surface area contributed by atoms with Crippen molar-refractivity contribution in [3.05, 3.63) is 71.0 Å². The molecule has 0 radical (unpaired) electrons. The van der Waals surface area contributed by atoms with Crippen LogP contribution in [0.25, 0.3) is 0 Å².